The second-order valence-electron chi connectivity index (χ2n) is 3.71. The summed E-state index contributed by atoms with van der Waals surface area (Å²) >= 11 is 0. The molecule has 4 nitrogen and oxygen atoms in total. The largest absolute Gasteiger partial charge is 0.401 e. The molecule has 0 amide bonds. The Labute approximate surface area is 105 Å². The predicted octanol–water partition coefficient (Wildman–Crippen LogP) is 2.53. The molecular formula is C11H9F4N3O. The van der Waals surface area contributed by atoms with Gasteiger partial charge >= 0.3 is 6.18 Å². The van der Waals surface area contributed by atoms with Crippen molar-refractivity contribution in [2.45, 2.75) is 12.7 Å². The van der Waals surface area contributed by atoms with Gasteiger partial charge in [-0.3, -0.25) is 0 Å². The van der Waals surface area contributed by atoms with Crippen LogP contribution in [0.25, 0.3) is 11.4 Å². The Hall–Kier alpha value is -1.96. The Morgan fingerprint density at radius 2 is 1.95 bits per heavy atom. The molecule has 102 valence electrons. The summed E-state index contributed by atoms with van der Waals surface area (Å²) in [6.45, 7) is -1.40. The lowest BCUT2D eigenvalue weighted by Crippen LogP contribution is -2.28. The molecule has 0 radical (unpaired) electrons. The first kappa shape index (κ1) is 13.5. The van der Waals surface area contributed by atoms with Gasteiger partial charge in [-0.05, 0) is 12.1 Å². The van der Waals surface area contributed by atoms with Gasteiger partial charge < -0.3 is 9.84 Å². The average Bonchev–Trinajstić information content (AvgIpc) is 2.76. The molecule has 0 aliphatic rings. The molecular weight excluding hydrogens is 266 g/mol. The maximum Gasteiger partial charge on any atom is 0.401 e. The number of rotatable bonds is 4. The van der Waals surface area contributed by atoms with Gasteiger partial charge in [0.15, 0.2) is 0 Å². The van der Waals surface area contributed by atoms with Crippen molar-refractivity contribution in [2.75, 3.05) is 6.54 Å². The third-order valence-electron chi connectivity index (χ3n) is 2.18. The van der Waals surface area contributed by atoms with Crippen LogP contribution < -0.4 is 5.32 Å². The number of alkyl halides is 3. The summed E-state index contributed by atoms with van der Waals surface area (Å²) in [5.74, 6) is -0.567. The molecule has 2 rings (SSSR count). The van der Waals surface area contributed by atoms with Gasteiger partial charge in [0.25, 0.3) is 0 Å². The molecule has 0 unspecified atom stereocenters. The molecule has 0 atom stereocenters. The molecule has 0 spiro atoms. The fourth-order valence-corrected chi connectivity index (χ4v) is 1.39. The lowest BCUT2D eigenvalue weighted by molar-refractivity contribution is -0.125. The van der Waals surface area contributed by atoms with Gasteiger partial charge in [-0.2, -0.15) is 18.2 Å². The summed E-state index contributed by atoms with van der Waals surface area (Å²) in [5.41, 5.74) is 0.133. The van der Waals surface area contributed by atoms with E-state index >= 15 is 0 Å². The Kier molecular flexibility index (Phi) is 3.79. The highest BCUT2D eigenvalue weighted by molar-refractivity contribution is 5.54. The minimum absolute atomic E-state index is 0.00177. The fourth-order valence-electron chi connectivity index (χ4n) is 1.39. The Morgan fingerprint density at radius 3 is 2.63 bits per heavy atom. The average molecular weight is 275 g/mol. The van der Waals surface area contributed by atoms with Crippen LogP contribution in [0.15, 0.2) is 28.8 Å². The zero-order valence-electron chi connectivity index (χ0n) is 9.54. The summed E-state index contributed by atoms with van der Waals surface area (Å²) < 4.78 is 53.8. The summed E-state index contributed by atoms with van der Waals surface area (Å²) in [5, 5.41) is 5.62. The van der Waals surface area contributed by atoms with Crippen LogP contribution in [0, 0.1) is 5.82 Å². The highest BCUT2D eigenvalue weighted by Crippen LogP contribution is 2.19. The summed E-state index contributed by atoms with van der Waals surface area (Å²) in [6.07, 6.45) is -4.31. The van der Waals surface area contributed by atoms with Gasteiger partial charge in [0.05, 0.1) is 18.7 Å². The quantitative estimate of drug-likeness (QED) is 0.871. The van der Waals surface area contributed by atoms with Crippen molar-refractivity contribution < 1.29 is 22.1 Å². The molecule has 1 aromatic heterocycles. The molecule has 19 heavy (non-hydrogen) atoms. The normalized spacial score (nSPS) is 11.8. The van der Waals surface area contributed by atoms with Gasteiger partial charge in [-0.15, -0.1) is 0 Å². The molecule has 0 saturated carbocycles. The molecule has 0 saturated heterocycles. The van der Waals surface area contributed by atoms with Gasteiger partial charge in [0.1, 0.15) is 5.82 Å². The number of halogens is 4. The number of hydrogen-bond donors (Lipinski definition) is 1. The van der Waals surface area contributed by atoms with Crippen molar-refractivity contribution in [1.29, 1.82) is 0 Å². The molecule has 0 aliphatic carbocycles. The number of nitrogens with zero attached hydrogens (tertiary/aromatic N) is 2. The van der Waals surface area contributed by atoms with Crippen LogP contribution in [-0.4, -0.2) is 22.9 Å². The van der Waals surface area contributed by atoms with Crippen molar-refractivity contribution >= 4 is 0 Å². The second kappa shape index (κ2) is 5.35. The van der Waals surface area contributed by atoms with Gasteiger partial charge in [0.2, 0.25) is 11.7 Å². The third kappa shape index (κ3) is 3.75. The predicted molar refractivity (Wildman–Crippen MR) is 57.5 cm³/mol. The van der Waals surface area contributed by atoms with Crippen LogP contribution in [0.5, 0.6) is 0 Å². The van der Waals surface area contributed by atoms with Crippen LogP contribution in [0.3, 0.4) is 0 Å². The van der Waals surface area contributed by atoms with E-state index in [1.807, 2.05) is 0 Å². The van der Waals surface area contributed by atoms with Crippen molar-refractivity contribution in [3.05, 3.63) is 36.0 Å². The topological polar surface area (TPSA) is 51.0 Å². The smallest absolute Gasteiger partial charge is 0.338 e. The number of benzene rings is 1. The molecule has 0 aliphatic heterocycles. The van der Waals surface area contributed by atoms with E-state index in [0.29, 0.717) is 0 Å². The number of hydrogen-bond acceptors (Lipinski definition) is 4. The van der Waals surface area contributed by atoms with Gasteiger partial charge in [-0.25, -0.2) is 4.39 Å². The maximum absolute atomic E-state index is 13.4. The lowest BCUT2D eigenvalue weighted by atomic mass is 10.2. The summed E-state index contributed by atoms with van der Waals surface area (Å²) in [4.78, 5) is 3.81. The van der Waals surface area contributed by atoms with Crippen molar-refractivity contribution in [3.63, 3.8) is 0 Å². The first-order valence-electron chi connectivity index (χ1n) is 5.31. The van der Waals surface area contributed by atoms with Crippen LogP contribution >= 0.6 is 0 Å². The van der Waals surface area contributed by atoms with E-state index in [0.717, 1.165) is 0 Å². The van der Waals surface area contributed by atoms with Crippen LogP contribution in [0.4, 0.5) is 17.6 Å². The molecule has 1 heterocycles. The van der Waals surface area contributed by atoms with Crippen molar-refractivity contribution in [1.82, 2.24) is 15.5 Å². The second-order valence-corrected chi connectivity index (χ2v) is 3.71. The van der Waals surface area contributed by atoms with E-state index in [4.69, 9.17) is 4.52 Å². The van der Waals surface area contributed by atoms with Crippen molar-refractivity contribution in [3.8, 4) is 11.4 Å². The van der Waals surface area contributed by atoms with E-state index in [1.54, 1.807) is 6.07 Å². The van der Waals surface area contributed by atoms with Crippen LogP contribution in [-0.2, 0) is 6.54 Å². The van der Waals surface area contributed by atoms with E-state index in [9.17, 15) is 17.6 Å². The molecule has 8 heteroatoms. The molecule has 0 bridgehead atoms. The highest BCUT2D eigenvalue weighted by Gasteiger charge is 2.26. The standard InChI is InChI=1S/C11H9F4N3O/c12-8-4-2-1-3-7(8)10-17-9(19-18-10)5-16-6-11(13,14)15/h1-4,16H,5-6H2. The third-order valence-corrected chi connectivity index (χ3v) is 2.18. The van der Waals surface area contributed by atoms with Crippen LogP contribution in [0.2, 0.25) is 0 Å². The van der Waals surface area contributed by atoms with E-state index in [1.165, 1.54) is 18.2 Å². The van der Waals surface area contributed by atoms with Crippen LogP contribution in [0.1, 0.15) is 5.89 Å². The zero-order valence-corrected chi connectivity index (χ0v) is 9.54. The molecule has 1 N–H and O–H groups in total. The Bertz CT molecular complexity index is 553. The molecule has 2 aromatic rings. The fraction of sp³-hybridized carbons (Fsp3) is 0.273. The minimum Gasteiger partial charge on any atom is -0.338 e. The van der Waals surface area contributed by atoms with E-state index in [-0.39, 0.29) is 23.8 Å². The lowest BCUT2D eigenvalue weighted by Gasteiger charge is -2.05. The first-order chi connectivity index (χ1) is 8.96. The highest BCUT2D eigenvalue weighted by atomic mass is 19.4. The summed E-state index contributed by atoms with van der Waals surface area (Å²) in [6, 6.07) is 5.78. The van der Waals surface area contributed by atoms with Gasteiger partial charge in [-0.1, -0.05) is 17.3 Å². The maximum atomic E-state index is 13.4. The Balaban J connectivity index is 2.02. The summed E-state index contributed by atoms with van der Waals surface area (Å²) in [7, 11) is 0. The first-order valence-corrected chi connectivity index (χ1v) is 5.31. The van der Waals surface area contributed by atoms with Gasteiger partial charge in [0, 0.05) is 0 Å². The van der Waals surface area contributed by atoms with Crippen molar-refractivity contribution in [2.24, 2.45) is 0 Å². The molecule has 1 aromatic carbocycles. The monoisotopic (exact) mass is 275 g/mol. The minimum atomic E-state index is -4.31. The van der Waals surface area contributed by atoms with E-state index < -0.39 is 18.5 Å². The molecule has 0 fully saturated rings. The zero-order chi connectivity index (χ0) is 13.9. The SMILES string of the molecule is Fc1ccccc1-c1noc(CNCC(F)(F)F)n1. The number of aromatic nitrogens is 2. The Morgan fingerprint density at radius 1 is 1.21 bits per heavy atom. The van der Waals surface area contributed by atoms with E-state index in [2.05, 4.69) is 15.5 Å². The number of nitrogens with one attached hydrogen (secondary N) is 1.